The summed E-state index contributed by atoms with van der Waals surface area (Å²) in [6.07, 6.45) is 5.34. The van der Waals surface area contributed by atoms with Gasteiger partial charge in [0.1, 0.15) is 0 Å². The average Bonchev–Trinajstić information content (AvgIpc) is 2.18. The van der Waals surface area contributed by atoms with E-state index in [1.807, 2.05) is 36.4 Å². The van der Waals surface area contributed by atoms with Crippen molar-refractivity contribution in [1.82, 2.24) is 0 Å². The Bertz CT molecular complexity index is 364. The molecule has 0 radical (unpaired) electrons. The number of hydrogen-bond acceptors (Lipinski definition) is 2. The molecule has 2 nitrogen and oxygen atoms in total. The number of allylic oxidation sites excluding steroid dienone is 3. The molecule has 0 bridgehead atoms. The quantitative estimate of drug-likeness (QED) is 0.560. The Labute approximate surface area is 84.4 Å². The number of nitrogens with one attached hydrogen (secondary N) is 1. The normalized spacial score (nSPS) is 10.0. The Balaban J connectivity index is 2.69. The zero-order chi connectivity index (χ0) is 10.4. The van der Waals surface area contributed by atoms with Gasteiger partial charge >= 0.3 is 0 Å². The number of para-hydroxylation sites is 2. The highest BCUT2D eigenvalue weighted by Gasteiger charge is 1.95. The third kappa shape index (κ3) is 2.83. The van der Waals surface area contributed by atoms with Crippen LogP contribution in [0.2, 0.25) is 0 Å². The first kappa shape index (κ1) is 10.1. The van der Waals surface area contributed by atoms with Gasteiger partial charge in [-0.2, -0.15) is 0 Å². The molecule has 1 aromatic carbocycles. The molecule has 3 N–H and O–H groups in total. The number of anilines is 2. The maximum atomic E-state index is 5.75. The van der Waals surface area contributed by atoms with Crippen molar-refractivity contribution in [3.8, 4) is 0 Å². The molecule has 0 aliphatic carbocycles. The molecule has 0 aliphatic heterocycles. The minimum atomic E-state index is 0.709. The molecule has 1 rings (SSSR count). The van der Waals surface area contributed by atoms with Crippen LogP contribution in [0.5, 0.6) is 0 Å². The summed E-state index contributed by atoms with van der Waals surface area (Å²) in [5.74, 6) is 0. The smallest absolute Gasteiger partial charge is 0.0617 e. The predicted octanol–water partition coefficient (Wildman–Crippen LogP) is 2.94. The van der Waals surface area contributed by atoms with Gasteiger partial charge < -0.3 is 11.1 Å². The summed E-state index contributed by atoms with van der Waals surface area (Å²) in [5.41, 5.74) is 8.11. The Hall–Kier alpha value is -1.96. The molecular formula is C12H14N2. The SMILES string of the molecule is C=C/C=C\C(=C)Nc1ccccc1N. The molecule has 0 heterocycles. The lowest BCUT2D eigenvalue weighted by molar-refractivity contribution is 1.49. The number of nitrogen functional groups attached to an aromatic ring is 1. The number of rotatable bonds is 4. The van der Waals surface area contributed by atoms with Crippen molar-refractivity contribution in [1.29, 1.82) is 0 Å². The molecule has 0 fully saturated rings. The van der Waals surface area contributed by atoms with Crippen LogP contribution < -0.4 is 11.1 Å². The lowest BCUT2D eigenvalue weighted by atomic mass is 10.2. The Morgan fingerprint density at radius 3 is 2.71 bits per heavy atom. The van der Waals surface area contributed by atoms with Crippen LogP contribution in [0, 0.1) is 0 Å². The molecular weight excluding hydrogens is 172 g/mol. The van der Waals surface area contributed by atoms with Crippen molar-refractivity contribution >= 4 is 11.4 Å². The van der Waals surface area contributed by atoms with Gasteiger partial charge in [0.15, 0.2) is 0 Å². The summed E-state index contributed by atoms with van der Waals surface area (Å²) < 4.78 is 0. The van der Waals surface area contributed by atoms with Crippen molar-refractivity contribution in [2.75, 3.05) is 11.1 Å². The van der Waals surface area contributed by atoms with E-state index in [-0.39, 0.29) is 0 Å². The fourth-order valence-electron chi connectivity index (χ4n) is 1.01. The van der Waals surface area contributed by atoms with Crippen molar-refractivity contribution < 1.29 is 0 Å². The van der Waals surface area contributed by atoms with Crippen LogP contribution in [-0.2, 0) is 0 Å². The fourth-order valence-corrected chi connectivity index (χ4v) is 1.01. The lowest BCUT2D eigenvalue weighted by Gasteiger charge is -2.07. The zero-order valence-corrected chi connectivity index (χ0v) is 8.03. The van der Waals surface area contributed by atoms with E-state index in [0.717, 1.165) is 11.4 Å². The maximum absolute atomic E-state index is 5.75. The van der Waals surface area contributed by atoms with Gasteiger partial charge in [-0.1, -0.05) is 37.4 Å². The summed E-state index contributed by atoms with van der Waals surface area (Å²) in [7, 11) is 0. The largest absolute Gasteiger partial charge is 0.397 e. The number of hydrogen-bond donors (Lipinski definition) is 2. The monoisotopic (exact) mass is 186 g/mol. The summed E-state index contributed by atoms with van der Waals surface area (Å²) in [4.78, 5) is 0. The van der Waals surface area contributed by atoms with Gasteiger partial charge in [0, 0.05) is 5.70 Å². The summed E-state index contributed by atoms with van der Waals surface area (Å²) in [6.45, 7) is 7.40. The first-order chi connectivity index (χ1) is 6.74. The molecule has 0 saturated heterocycles. The first-order valence-corrected chi connectivity index (χ1v) is 4.33. The van der Waals surface area contributed by atoms with Crippen molar-refractivity contribution in [3.05, 3.63) is 61.3 Å². The second-order valence-corrected chi connectivity index (χ2v) is 2.83. The van der Waals surface area contributed by atoms with E-state index in [4.69, 9.17) is 5.73 Å². The lowest BCUT2D eigenvalue weighted by Crippen LogP contribution is -1.98. The standard InChI is InChI=1S/C12H14N2/c1-3-4-7-10(2)14-12-9-6-5-8-11(12)13/h3-9,14H,1-2,13H2/b7-4-. The Morgan fingerprint density at radius 1 is 1.36 bits per heavy atom. The highest BCUT2D eigenvalue weighted by Crippen LogP contribution is 2.18. The second-order valence-electron chi connectivity index (χ2n) is 2.83. The number of nitrogens with two attached hydrogens (primary N) is 1. The van der Waals surface area contributed by atoms with Gasteiger partial charge in [0.2, 0.25) is 0 Å². The molecule has 0 amide bonds. The van der Waals surface area contributed by atoms with Gasteiger partial charge in [-0.25, -0.2) is 0 Å². The van der Waals surface area contributed by atoms with Gasteiger partial charge in [-0.15, -0.1) is 0 Å². The van der Waals surface area contributed by atoms with Crippen molar-refractivity contribution in [2.45, 2.75) is 0 Å². The Morgan fingerprint density at radius 2 is 2.07 bits per heavy atom. The van der Waals surface area contributed by atoms with E-state index in [1.54, 1.807) is 6.08 Å². The summed E-state index contributed by atoms with van der Waals surface area (Å²) >= 11 is 0. The van der Waals surface area contributed by atoms with E-state index >= 15 is 0 Å². The topological polar surface area (TPSA) is 38.0 Å². The van der Waals surface area contributed by atoms with Crippen LogP contribution in [0.25, 0.3) is 0 Å². The molecule has 72 valence electrons. The highest BCUT2D eigenvalue weighted by atomic mass is 14.9. The van der Waals surface area contributed by atoms with Gasteiger partial charge in [0.05, 0.1) is 11.4 Å². The molecule has 2 heteroatoms. The molecule has 14 heavy (non-hydrogen) atoms. The highest BCUT2D eigenvalue weighted by molar-refractivity contribution is 5.68. The van der Waals surface area contributed by atoms with Gasteiger partial charge in [0.25, 0.3) is 0 Å². The third-order valence-corrected chi connectivity index (χ3v) is 1.69. The maximum Gasteiger partial charge on any atom is 0.0617 e. The zero-order valence-electron chi connectivity index (χ0n) is 8.03. The van der Waals surface area contributed by atoms with E-state index in [2.05, 4.69) is 18.5 Å². The summed E-state index contributed by atoms with van der Waals surface area (Å²) in [5, 5.41) is 3.09. The van der Waals surface area contributed by atoms with E-state index < -0.39 is 0 Å². The molecule has 0 atom stereocenters. The predicted molar refractivity (Wildman–Crippen MR) is 63.0 cm³/mol. The minimum absolute atomic E-state index is 0.709. The molecule has 1 aromatic rings. The van der Waals surface area contributed by atoms with Crippen LogP contribution in [-0.4, -0.2) is 0 Å². The molecule has 0 aliphatic rings. The molecule has 0 unspecified atom stereocenters. The van der Waals surface area contributed by atoms with E-state index in [9.17, 15) is 0 Å². The van der Waals surface area contributed by atoms with Gasteiger partial charge in [-0.05, 0) is 18.2 Å². The van der Waals surface area contributed by atoms with Crippen LogP contribution in [0.3, 0.4) is 0 Å². The fraction of sp³-hybridized carbons (Fsp3) is 0. The molecule has 0 saturated carbocycles. The Kier molecular flexibility index (Phi) is 3.56. The van der Waals surface area contributed by atoms with Crippen LogP contribution >= 0.6 is 0 Å². The average molecular weight is 186 g/mol. The number of benzene rings is 1. The van der Waals surface area contributed by atoms with Gasteiger partial charge in [-0.3, -0.25) is 0 Å². The van der Waals surface area contributed by atoms with Crippen LogP contribution in [0.15, 0.2) is 61.3 Å². The molecule has 0 aromatic heterocycles. The van der Waals surface area contributed by atoms with Crippen molar-refractivity contribution in [2.24, 2.45) is 0 Å². The van der Waals surface area contributed by atoms with E-state index in [1.165, 1.54) is 0 Å². The van der Waals surface area contributed by atoms with Crippen molar-refractivity contribution in [3.63, 3.8) is 0 Å². The second kappa shape index (κ2) is 4.92. The first-order valence-electron chi connectivity index (χ1n) is 4.33. The third-order valence-electron chi connectivity index (χ3n) is 1.69. The minimum Gasteiger partial charge on any atom is -0.397 e. The molecule has 0 spiro atoms. The van der Waals surface area contributed by atoms with Crippen LogP contribution in [0.4, 0.5) is 11.4 Å². The van der Waals surface area contributed by atoms with E-state index in [0.29, 0.717) is 5.69 Å². The van der Waals surface area contributed by atoms with Crippen LogP contribution in [0.1, 0.15) is 0 Å². The summed E-state index contributed by atoms with van der Waals surface area (Å²) in [6, 6.07) is 7.56.